The van der Waals surface area contributed by atoms with Crippen molar-refractivity contribution in [1.82, 2.24) is 5.32 Å². The fraction of sp³-hybridized carbons (Fsp3) is 0.412. The zero-order valence-electron chi connectivity index (χ0n) is 12.3. The Balaban J connectivity index is 2.42. The number of rotatable bonds is 5. The Bertz CT molecular complexity index is 542. The maximum Gasteiger partial charge on any atom is 0.128 e. The lowest BCUT2D eigenvalue weighted by Gasteiger charge is -2.20. The van der Waals surface area contributed by atoms with E-state index in [4.69, 9.17) is 4.42 Å². The van der Waals surface area contributed by atoms with Crippen molar-refractivity contribution in [3.8, 4) is 0 Å². The van der Waals surface area contributed by atoms with Gasteiger partial charge in [-0.1, -0.05) is 30.7 Å². The van der Waals surface area contributed by atoms with E-state index in [2.05, 4.69) is 51.2 Å². The first kappa shape index (κ1) is 13.9. The van der Waals surface area contributed by atoms with Crippen molar-refractivity contribution in [2.45, 2.75) is 40.2 Å². The van der Waals surface area contributed by atoms with Crippen LogP contribution in [0, 0.1) is 20.8 Å². The maximum atomic E-state index is 5.71. The summed E-state index contributed by atoms with van der Waals surface area (Å²) < 4.78 is 5.71. The molecule has 2 heteroatoms. The Kier molecular flexibility index (Phi) is 4.43. The Morgan fingerprint density at radius 1 is 1.11 bits per heavy atom. The van der Waals surface area contributed by atoms with Crippen molar-refractivity contribution in [2.75, 3.05) is 6.54 Å². The molecule has 0 aliphatic rings. The van der Waals surface area contributed by atoms with Gasteiger partial charge < -0.3 is 9.73 Å². The van der Waals surface area contributed by atoms with E-state index in [-0.39, 0.29) is 6.04 Å². The number of hydrogen-bond acceptors (Lipinski definition) is 2. The Morgan fingerprint density at radius 2 is 1.89 bits per heavy atom. The van der Waals surface area contributed by atoms with Crippen molar-refractivity contribution in [3.05, 3.63) is 58.5 Å². The molecule has 2 aromatic rings. The van der Waals surface area contributed by atoms with Gasteiger partial charge in [-0.25, -0.2) is 0 Å². The molecular weight excluding hydrogens is 234 g/mol. The van der Waals surface area contributed by atoms with Gasteiger partial charge in [0.15, 0.2) is 0 Å². The lowest BCUT2D eigenvalue weighted by atomic mass is 9.95. The summed E-state index contributed by atoms with van der Waals surface area (Å²) in [5.74, 6) is 1.03. The molecule has 19 heavy (non-hydrogen) atoms. The van der Waals surface area contributed by atoms with E-state index in [1.54, 1.807) is 6.26 Å². The summed E-state index contributed by atoms with van der Waals surface area (Å²) in [7, 11) is 0. The largest absolute Gasteiger partial charge is 0.467 e. The van der Waals surface area contributed by atoms with E-state index in [9.17, 15) is 0 Å². The number of hydrogen-bond donors (Lipinski definition) is 1. The maximum absolute atomic E-state index is 5.71. The summed E-state index contributed by atoms with van der Waals surface area (Å²) in [6.07, 6.45) is 2.89. The van der Waals surface area contributed by atoms with Crippen LogP contribution in [0.2, 0.25) is 0 Å². The summed E-state index contributed by atoms with van der Waals surface area (Å²) in [6.45, 7) is 9.56. The van der Waals surface area contributed by atoms with Gasteiger partial charge in [-0.05, 0) is 56.5 Å². The molecule has 1 aromatic heterocycles. The fourth-order valence-electron chi connectivity index (χ4n) is 2.38. The normalized spacial score (nSPS) is 12.6. The molecule has 1 atom stereocenters. The molecule has 0 fully saturated rings. The smallest absolute Gasteiger partial charge is 0.128 e. The van der Waals surface area contributed by atoms with Crippen molar-refractivity contribution in [3.63, 3.8) is 0 Å². The average Bonchev–Trinajstić information content (AvgIpc) is 2.80. The third-order valence-corrected chi connectivity index (χ3v) is 3.51. The molecular formula is C17H23NO. The SMILES string of the molecule is CCCNC(c1cc(C)ccc1C)c1occc1C. The topological polar surface area (TPSA) is 25.2 Å². The predicted octanol–water partition coefficient (Wildman–Crippen LogP) is 4.29. The third-order valence-electron chi connectivity index (χ3n) is 3.51. The van der Waals surface area contributed by atoms with Gasteiger partial charge in [0, 0.05) is 0 Å². The van der Waals surface area contributed by atoms with E-state index >= 15 is 0 Å². The molecule has 102 valence electrons. The van der Waals surface area contributed by atoms with Crippen LogP contribution in [0.3, 0.4) is 0 Å². The first-order valence-electron chi connectivity index (χ1n) is 6.98. The highest BCUT2D eigenvalue weighted by atomic mass is 16.3. The average molecular weight is 257 g/mol. The van der Waals surface area contributed by atoms with Gasteiger partial charge in [-0.15, -0.1) is 0 Å². The van der Waals surface area contributed by atoms with Gasteiger partial charge >= 0.3 is 0 Å². The molecule has 1 N–H and O–H groups in total. The molecule has 0 spiro atoms. The highest BCUT2D eigenvalue weighted by Gasteiger charge is 2.20. The van der Waals surface area contributed by atoms with E-state index in [1.165, 1.54) is 22.3 Å². The zero-order valence-corrected chi connectivity index (χ0v) is 12.3. The second kappa shape index (κ2) is 6.07. The van der Waals surface area contributed by atoms with Gasteiger partial charge in [0.05, 0.1) is 12.3 Å². The first-order valence-corrected chi connectivity index (χ1v) is 6.98. The van der Waals surface area contributed by atoms with Gasteiger partial charge in [0.1, 0.15) is 5.76 Å². The minimum absolute atomic E-state index is 0.148. The molecule has 0 aliphatic heterocycles. The Hall–Kier alpha value is -1.54. The highest BCUT2D eigenvalue weighted by Crippen LogP contribution is 2.28. The van der Waals surface area contributed by atoms with Crippen LogP contribution in [0.15, 0.2) is 34.9 Å². The van der Waals surface area contributed by atoms with Gasteiger partial charge in [-0.2, -0.15) is 0 Å². The van der Waals surface area contributed by atoms with E-state index in [0.717, 1.165) is 18.7 Å². The fourth-order valence-corrected chi connectivity index (χ4v) is 2.38. The molecule has 0 aliphatic carbocycles. The van der Waals surface area contributed by atoms with Crippen LogP contribution in [-0.2, 0) is 0 Å². The molecule has 1 aromatic carbocycles. The van der Waals surface area contributed by atoms with Crippen LogP contribution in [0.1, 0.15) is 47.4 Å². The third kappa shape index (κ3) is 3.07. The van der Waals surface area contributed by atoms with E-state index < -0.39 is 0 Å². The Labute approximate surface area is 115 Å². The van der Waals surface area contributed by atoms with Crippen molar-refractivity contribution >= 4 is 0 Å². The molecule has 0 radical (unpaired) electrons. The zero-order chi connectivity index (χ0) is 13.8. The first-order chi connectivity index (χ1) is 9.13. The standard InChI is InChI=1S/C17H23NO/c1-5-9-18-16(17-14(4)8-10-19-17)15-11-12(2)6-7-13(15)3/h6-8,10-11,16,18H,5,9H2,1-4H3. The van der Waals surface area contributed by atoms with Gasteiger partial charge in [0.25, 0.3) is 0 Å². The van der Waals surface area contributed by atoms with Crippen LogP contribution in [0.4, 0.5) is 0 Å². The molecule has 0 bridgehead atoms. The summed E-state index contributed by atoms with van der Waals surface area (Å²) in [5, 5.41) is 3.60. The predicted molar refractivity (Wildman–Crippen MR) is 79.5 cm³/mol. The lowest BCUT2D eigenvalue weighted by Crippen LogP contribution is -2.24. The monoisotopic (exact) mass is 257 g/mol. The van der Waals surface area contributed by atoms with Gasteiger partial charge in [-0.3, -0.25) is 0 Å². The highest BCUT2D eigenvalue weighted by molar-refractivity contribution is 5.38. The quantitative estimate of drug-likeness (QED) is 0.864. The summed E-state index contributed by atoms with van der Waals surface area (Å²) in [5.41, 5.74) is 5.10. The minimum Gasteiger partial charge on any atom is -0.467 e. The molecule has 0 saturated carbocycles. The number of furan rings is 1. The van der Waals surface area contributed by atoms with E-state index in [1.807, 2.05) is 6.07 Å². The lowest BCUT2D eigenvalue weighted by molar-refractivity contribution is 0.443. The number of nitrogens with one attached hydrogen (secondary N) is 1. The summed E-state index contributed by atoms with van der Waals surface area (Å²) in [6, 6.07) is 8.77. The molecule has 1 heterocycles. The van der Waals surface area contributed by atoms with Crippen LogP contribution in [0.25, 0.3) is 0 Å². The second-order valence-electron chi connectivity index (χ2n) is 5.22. The minimum atomic E-state index is 0.148. The summed E-state index contributed by atoms with van der Waals surface area (Å²) >= 11 is 0. The molecule has 2 nitrogen and oxygen atoms in total. The van der Waals surface area contributed by atoms with Crippen LogP contribution in [-0.4, -0.2) is 6.54 Å². The van der Waals surface area contributed by atoms with Crippen LogP contribution < -0.4 is 5.32 Å². The molecule has 2 rings (SSSR count). The molecule has 0 saturated heterocycles. The number of aryl methyl sites for hydroxylation is 3. The van der Waals surface area contributed by atoms with Crippen LogP contribution in [0.5, 0.6) is 0 Å². The second-order valence-corrected chi connectivity index (χ2v) is 5.22. The Morgan fingerprint density at radius 3 is 2.53 bits per heavy atom. The van der Waals surface area contributed by atoms with Crippen LogP contribution >= 0.6 is 0 Å². The van der Waals surface area contributed by atoms with Gasteiger partial charge in [0.2, 0.25) is 0 Å². The van der Waals surface area contributed by atoms with Crippen molar-refractivity contribution < 1.29 is 4.42 Å². The van der Waals surface area contributed by atoms with Crippen molar-refractivity contribution in [1.29, 1.82) is 0 Å². The molecule has 1 unspecified atom stereocenters. The number of benzene rings is 1. The van der Waals surface area contributed by atoms with Crippen molar-refractivity contribution in [2.24, 2.45) is 0 Å². The summed E-state index contributed by atoms with van der Waals surface area (Å²) in [4.78, 5) is 0. The molecule has 0 amide bonds. The van der Waals surface area contributed by atoms with E-state index in [0.29, 0.717) is 0 Å².